The van der Waals surface area contributed by atoms with Crippen LogP contribution in [0.3, 0.4) is 0 Å². The number of amides is 1. The van der Waals surface area contributed by atoms with Gasteiger partial charge in [0.15, 0.2) is 0 Å². The number of hydrogen-bond acceptors (Lipinski definition) is 2. The predicted octanol–water partition coefficient (Wildman–Crippen LogP) is 0.217. The van der Waals surface area contributed by atoms with E-state index in [-0.39, 0.29) is 11.5 Å². The Kier molecular flexibility index (Phi) is 2.81. The number of halogens is 1. The highest BCUT2D eigenvalue weighted by molar-refractivity contribution is 6.18. The number of hydrogen-bond donors (Lipinski definition) is 2. The lowest BCUT2D eigenvalue weighted by Crippen LogP contribution is -2.37. The molecule has 0 aromatic carbocycles. The summed E-state index contributed by atoms with van der Waals surface area (Å²) in [6.45, 7) is 1.04. The predicted molar refractivity (Wildman–Crippen MR) is 55.9 cm³/mol. The number of nitrogens with one attached hydrogen (secondary N) is 2. The second kappa shape index (κ2) is 4.10. The molecule has 5 nitrogen and oxygen atoms in total. The number of aromatic amines is 2. The van der Waals surface area contributed by atoms with E-state index in [9.17, 15) is 9.59 Å². The summed E-state index contributed by atoms with van der Waals surface area (Å²) in [7, 11) is 0. The minimum absolute atomic E-state index is 0.0104. The van der Waals surface area contributed by atoms with Crippen LogP contribution in [0.15, 0.2) is 4.79 Å². The zero-order chi connectivity index (χ0) is 10.8. The summed E-state index contributed by atoms with van der Waals surface area (Å²) in [5, 5.41) is 5.34. The van der Waals surface area contributed by atoms with Gasteiger partial charge in [-0.2, -0.15) is 0 Å². The highest BCUT2D eigenvalue weighted by atomic mass is 35.5. The first-order valence-electron chi connectivity index (χ1n) is 4.84. The van der Waals surface area contributed by atoms with E-state index in [1.807, 2.05) is 0 Å². The SMILES string of the molecule is O=C(CCCl)N1CCc2[nH][nH]c(=O)c2C1. The third-order valence-electron chi connectivity index (χ3n) is 2.61. The lowest BCUT2D eigenvalue weighted by Gasteiger charge is -2.25. The summed E-state index contributed by atoms with van der Waals surface area (Å²) in [6, 6.07) is 0. The zero-order valence-corrected chi connectivity index (χ0v) is 8.93. The Hall–Kier alpha value is -1.23. The van der Waals surface area contributed by atoms with E-state index >= 15 is 0 Å². The van der Waals surface area contributed by atoms with Crippen LogP contribution in [0.25, 0.3) is 0 Å². The molecule has 0 bridgehead atoms. The molecule has 0 saturated heterocycles. The van der Waals surface area contributed by atoms with Crippen LogP contribution >= 0.6 is 11.6 Å². The molecule has 0 saturated carbocycles. The van der Waals surface area contributed by atoms with Crippen molar-refractivity contribution in [3.63, 3.8) is 0 Å². The van der Waals surface area contributed by atoms with Gasteiger partial charge in [0.25, 0.3) is 5.56 Å². The number of alkyl halides is 1. The number of aromatic nitrogens is 2. The summed E-state index contributed by atoms with van der Waals surface area (Å²) in [4.78, 5) is 24.6. The molecule has 0 radical (unpaired) electrons. The topological polar surface area (TPSA) is 69.0 Å². The minimum atomic E-state index is -0.131. The van der Waals surface area contributed by atoms with Crippen molar-refractivity contribution >= 4 is 17.5 Å². The van der Waals surface area contributed by atoms with Gasteiger partial charge in [-0.05, 0) is 0 Å². The Morgan fingerprint density at radius 2 is 2.27 bits per heavy atom. The fourth-order valence-electron chi connectivity index (χ4n) is 1.77. The maximum atomic E-state index is 11.6. The number of carbonyl (C=O) groups is 1. The maximum absolute atomic E-state index is 11.6. The van der Waals surface area contributed by atoms with E-state index in [4.69, 9.17) is 11.6 Å². The number of nitrogens with zero attached hydrogens (tertiary/aromatic N) is 1. The first-order valence-corrected chi connectivity index (χ1v) is 5.38. The van der Waals surface area contributed by atoms with Gasteiger partial charge in [-0.15, -0.1) is 11.6 Å². The quantitative estimate of drug-likeness (QED) is 0.713. The van der Waals surface area contributed by atoms with Crippen LogP contribution in [0.2, 0.25) is 0 Å². The van der Waals surface area contributed by atoms with Gasteiger partial charge in [0.05, 0.1) is 12.1 Å². The standard InChI is InChI=1S/C9H12ClN3O2/c10-3-1-8(14)13-4-2-7-6(5-13)9(15)12-11-7/h1-5H2,(H2,11,12,15). The van der Waals surface area contributed by atoms with Crippen LogP contribution in [0.5, 0.6) is 0 Å². The van der Waals surface area contributed by atoms with Crippen LogP contribution in [-0.2, 0) is 17.8 Å². The van der Waals surface area contributed by atoms with Crippen molar-refractivity contribution in [3.05, 3.63) is 21.6 Å². The first-order chi connectivity index (χ1) is 7.22. The van der Waals surface area contributed by atoms with Crippen molar-refractivity contribution in [3.8, 4) is 0 Å². The lowest BCUT2D eigenvalue weighted by atomic mass is 10.1. The van der Waals surface area contributed by atoms with Gasteiger partial charge in [0, 0.05) is 31.0 Å². The molecule has 2 rings (SSSR count). The van der Waals surface area contributed by atoms with Gasteiger partial charge < -0.3 is 10.00 Å². The van der Waals surface area contributed by atoms with Gasteiger partial charge in [0.1, 0.15) is 0 Å². The third-order valence-corrected chi connectivity index (χ3v) is 2.80. The van der Waals surface area contributed by atoms with Crippen molar-refractivity contribution in [1.29, 1.82) is 0 Å². The van der Waals surface area contributed by atoms with Crippen molar-refractivity contribution in [2.75, 3.05) is 12.4 Å². The molecule has 2 N–H and O–H groups in total. The normalized spacial score (nSPS) is 15.1. The molecule has 0 fully saturated rings. The summed E-state index contributed by atoms with van der Waals surface area (Å²) in [5.41, 5.74) is 1.45. The van der Waals surface area contributed by atoms with Crippen molar-refractivity contribution in [2.24, 2.45) is 0 Å². The van der Waals surface area contributed by atoms with Crippen molar-refractivity contribution in [1.82, 2.24) is 15.1 Å². The van der Waals surface area contributed by atoms with Gasteiger partial charge >= 0.3 is 0 Å². The minimum Gasteiger partial charge on any atom is -0.338 e. The van der Waals surface area contributed by atoms with E-state index < -0.39 is 0 Å². The molecular weight excluding hydrogens is 218 g/mol. The molecule has 0 spiro atoms. The van der Waals surface area contributed by atoms with Gasteiger partial charge in [-0.25, -0.2) is 0 Å². The molecule has 1 amide bonds. The van der Waals surface area contributed by atoms with Gasteiger partial charge in [-0.1, -0.05) is 0 Å². The Labute approximate surface area is 91.4 Å². The van der Waals surface area contributed by atoms with Gasteiger partial charge in [-0.3, -0.25) is 14.7 Å². The van der Waals surface area contributed by atoms with Crippen LogP contribution in [0.4, 0.5) is 0 Å². The number of carbonyl (C=O) groups excluding carboxylic acids is 1. The molecule has 1 aromatic rings. The molecular formula is C9H12ClN3O2. The fourth-order valence-corrected chi connectivity index (χ4v) is 1.93. The Balaban J connectivity index is 2.14. The highest BCUT2D eigenvalue weighted by Crippen LogP contribution is 2.13. The average Bonchev–Trinajstić information content (AvgIpc) is 2.60. The number of rotatable bonds is 2. The van der Waals surface area contributed by atoms with Crippen LogP contribution in [0.1, 0.15) is 17.7 Å². The number of fused-ring (bicyclic) bond motifs is 1. The first kappa shape index (κ1) is 10.3. The monoisotopic (exact) mass is 229 g/mol. The van der Waals surface area contributed by atoms with E-state index in [0.29, 0.717) is 37.4 Å². The van der Waals surface area contributed by atoms with Crippen LogP contribution < -0.4 is 5.56 Å². The molecule has 2 heterocycles. The summed E-state index contributed by atoms with van der Waals surface area (Å²) < 4.78 is 0. The van der Waals surface area contributed by atoms with E-state index in [0.717, 1.165) is 5.69 Å². The molecule has 0 atom stereocenters. The Bertz CT molecular complexity index is 423. The van der Waals surface area contributed by atoms with E-state index in [2.05, 4.69) is 10.2 Å². The van der Waals surface area contributed by atoms with Crippen LogP contribution in [-0.4, -0.2) is 33.4 Å². The molecule has 0 unspecified atom stereocenters. The molecule has 0 aliphatic carbocycles. The zero-order valence-electron chi connectivity index (χ0n) is 8.18. The third kappa shape index (κ3) is 1.92. The Morgan fingerprint density at radius 3 is 3.00 bits per heavy atom. The lowest BCUT2D eigenvalue weighted by molar-refractivity contribution is -0.131. The second-order valence-corrected chi connectivity index (χ2v) is 3.92. The summed E-state index contributed by atoms with van der Waals surface area (Å²) in [5.74, 6) is 0.336. The molecule has 1 aliphatic rings. The average molecular weight is 230 g/mol. The van der Waals surface area contributed by atoms with Crippen molar-refractivity contribution in [2.45, 2.75) is 19.4 Å². The summed E-state index contributed by atoms with van der Waals surface area (Å²) in [6.07, 6.45) is 1.03. The highest BCUT2D eigenvalue weighted by Gasteiger charge is 2.23. The molecule has 1 aromatic heterocycles. The van der Waals surface area contributed by atoms with E-state index in [1.54, 1.807) is 4.90 Å². The van der Waals surface area contributed by atoms with Crippen LogP contribution in [0, 0.1) is 0 Å². The molecule has 6 heteroatoms. The molecule has 15 heavy (non-hydrogen) atoms. The maximum Gasteiger partial charge on any atom is 0.269 e. The smallest absolute Gasteiger partial charge is 0.269 e. The van der Waals surface area contributed by atoms with Crippen molar-refractivity contribution < 1.29 is 4.79 Å². The second-order valence-electron chi connectivity index (χ2n) is 3.54. The van der Waals surface area contributed by atoms with Gasteiger partial charge in [0.2, 0.25) is 5.91 Å². The largest absolute Gasteiger partial charge is 0.338 e. The fraction of sp³-hybridized carbons (Fsp3) is 0.556. The molecule has 1 aliphatic heterocycles. The molecule has 82 valence electrons. The summed E-state index contributed by atoms with van der Waals surface area (Å²) >= 11 is 5.50. The van der Waals surface area contributed by atoms with E-state index in [1.165, 1.54) is 0 Å². The number of H-pyrrole nitrogens is 2. The Morgan fingerprint density at radius 1 is 1.47 bits per heavy atom.